The zero-order chi connectivity index (χ0) is 9.14. The summed E-state index contributed by atoms with van der Waals surface area (Å²) in [5, 5.41) is 0.415. The van der Waals surface area contributed by atoms with Gasteiger partial charge in [0.2, 0.25) is 0 Å². The van der Waals surface area contributed by atoms with Crippen molar-refractivity contribution in [3.63, 3.8) is 0 Å². The van der Waals surface area contributed by atoms with Gasteiger partial charge in [-0.1, -0.05) is 11.6 Å². The van der Waals surface area contributed by atoms with Gasteiger partial charge >= 0.3 is 6.01 Å². The van der Waals surface area contributed by atoms with Gasteiger partial charge in [-0.3, -0.25) is 0 Å². The first kappa shape index (κ1) is 9.26. The summed E-state index contributed by atoms with van der Waals surface area (Å²) in [5.41, 5.74) is 0.811. The summed E-state index contributed by atoms with van der Waals surface area (Å²) in [5.74, 6) is 0. The molecule has 4 heteroatoms. The van der Waals surface area contributed by atoms with Crippen molar-refractivity contribution >= 4 is 11.6 Å². The third-order valence-corrected chi connectivity index (χ3v) is 1.34. The molecule has 0 amide bonds. The van der Waals surface area contributed by atoms with Crippen molar-refractivity contribution in [3.05, 3.63) is 16.9 Å². The average Bonchev–Trinajstić information content (AvgIpc) is 1.81. The third kappa shape index (κ3) is 2.66. The number of nitrogens with zero attached hydrogens (tertiary/aromatic N) is 2. The minimum absolute atomic E-state index is 0.0721. The van der Waals surface area contributed by atoms with Gasteiger partial charge < -0.3 is 4.74 Å². The van der Waals surface area contributed by atoms with E-state index in [4.69, 9.17) is 16.3 Å². The Morgan fingerprint density at radius 2 is 2.08 bits per heavy atom. The molecule has 66 valence electrons. The van der Waals surface area contributed by atoms with Gasteiger partial charge in [-0.25, -0.2) is 4.98 Å². The highest BCUT2D eigenvalue weighted by Crippen LogP contribution is 2.12. The van der Waals surface area contributed by atoms with E-state index in [1.807, 2.05) is 20.8 Å². The fraction of sp³-hybridized carbons (Fsp3) is 0.500. The highest BCUT2D eigenvalue weighted by molar-refractivity contribution is 6.29. The summed E-state index contributed by atoms with van der Waals surface area (Å²) < 4.78 is 5.27. The zero-order valence-electron chi connectivity index (χ0n) is 7.34. The maximum absolute atomic E-state index is 5.70. The highest BCUT2D eigenvalue weighted by atomic mass is 35.5. The molecular formula is C8H11ClN2O. The van der Waals surface area contributed by atoms with Gasteiger partial charge in [-0.15, -0.1) is 0 Å². The standard InChI is InChI=1S/C8H11ClN2O/c1-5(2)12-8-10-6(3)4-7(9)11-8/h4-5H,1-3H3. The Kier molecular flexibility index (Phi) is 2.87. The van der Waals surface area contributed by atoms with Gasteiger partial charge in [-0.05, 0) is 26.8 Å². The van der Waals surface area contributed by atoms with E-state index in [1.165, 1.54) is 0 Å². The Labute approximate surface area is 76.7 Å². The Balaban J connectivity index is 2.85. The van der Waals surface area contributed by atoms with Crippen LogP contribution in [-0.2, 0) is 0 Å². The summed E-state index contributed by atoms with van der Waals surface area (Å²) >= 11 is 5.70. The van der Waals surface area contributed by atoms with Crippen LogP contribution < -0.4 is 4.74 Å². The second-order valence-corrected chi connectivity index (χ2v) is 3.17. The molecule has 1 aromatic rings. The molecule has 0 radical (unpaired) electrons. The SMILES string of the molecule is Cc1cc(Cl)nc(OC(C)C)n1. The fourth-order valence-electron chi connectivity index (χ4n) is 0.768. The number of hydrogen-bond acceptors (Lipinski definition) is 3. The minimum atomic E-state index is 0.0721. The van der Waals surface area contributed by atoms with Crippen molar-refractivity contribution in [1.82, 2.24) is 9.97 Å². The lowest BCUT2D eigenvalue weighted by molar-refractivity contribution is 0.221. The largest absolute Gasteiger partial charge is 0.461 e. The third-order valence-electron chi connectivity index (χ3n) is 1.14. The maximum Gasteiger partial charge on any atom is 0.318 e. The molecule has 0 atom stereocenters. The van der Waals surface area contributed by atoms with Crippen molar-refractivity contribution in [1.29, 1.82) is 0 Å². The molecule has 0 aliphatic rings. The van der Waals surface area contributed by atoms with Gasteiger partial charge in [0.25, 0.3) is 0 Å². The van der Waals surface area contributed by atoms with E-state index in [1.54, 1.807) is 6.07 Å². The molecule has 0 saturated heterocycles. The van der Waals surface area contributed by atoms with Crippen molar-refractivity contribution in [2.45, 2.75) is 26.9 Å². The average molecular weight is 187 g/mol. The maximum atomic E-state index is 5.70. The second-order valence-electron chi connectivity index (χ2n) is 2.78. The van der Waals surface area contributed by atoms with E-state index < -0.39 is 0 Å². The zero-order valence-corrected chi connectivity index (χ0v) is 8.09. The Hall–Kier alpha value is -0.830. The molecule has 0 aliphatic carbocycles. The molecule has 0 spiro atoms. The van der Waals surface area contributed by atoms with Crippen molar-refractivity contribution in [3.8, 4) is 6.01 Å². The lowest BCUT2D eigenvalue weighted by atomic mass is 10.4. The molecular weight excluding hydrogens is 176 g/mol. The Bertz CT molecular complexity index is 256. The summed E-state index contributed by atoms with van der Waals surface area (Å²) in [4.78, 5) is 7.96. The number of rotatable bonds is 2. The molecule has 12 heavy (non-hydrogen) atoms. The summed E-state index contributed by atoms with van der Waals surface area (Å²) in [7, 11) is 0. The Morgan fingerprint density at radius 3 is 2.58 bits per heavy atom. The summed E-state index contributed by atoms with van der Waals surface area (Å²) in [6.07, 6.45) is 0.0721. The topological polar surface area (TPSA) is 35.0 Å². The molecule has 0 fully saturated rings. The fourth-order valence-corrected chi connectivity index (χ4v) is 0.998. The molecule has 0 unspecified atom stereocenters. The van der Waals surface area contributed by atoms with Crippen molar-refractivity contribution < 1.29 is 4.74 Å². The minimum Gasteiger partial charge on any atom is -0.461 e. The van der Waals surface area contributed by atoms with E-state index in [-0.39, 0.29) is 6.10 Å². The monoisotopic (exact) mass is 186 g/mol. The number of ether oxygens (including phenoxy) is 1. The van der Waals surface area contributed by atoms with E-state index in [9.17, 15) is 0 Å². The first-order valence-corrected chi connectivity index (χ1v) is 4.13. The van der Waals surface area contributed by atoms with Crippen LogP contribution in [0, 0.1) is 6.92 Å². The second kappa shape index (κ2) is 3.72. The van der Waals surface area contributed by atoms with E-state index in [0.29, 0.717) is 11.2 Å². The van der Waals surface area contributed by atoms with Gasteiger partial charge in [0, 0.05) is 5.69 Å². The molecule has 0 N–H and O–H groups in total. The molecule has 3 nitrogen and oxygen atoms in total. The van der Waals surface area contributed by atoms with Gasteiger partial charge in [0.15, 0.2) is 0 Å². The van der Waals surface area contributed by atoms with Gasteiger partial charge in [0.05, 0.1) is 6.10 Å². The van der Waals surface area contributed by atoms with E-state index in [2.05, 4.69) is 9.97 Å². The predicted octanol–water partition coefficient (Wildman–Crippen LogP) is 2.23. The number of halogens is 1. The van der Waals surface area contributed by atoms with Gasteiger partial charge in [-0.2, -0.15) is 4.98 Å². The molecule has 1 aromatic heterocycles. The number of hydrogen-bond donors (Lipinski definition) is 0. The van der Waals surface area contributed by atoms with Crippen LogP contribution in [0.15, 0.2) is 6.07 Å². The number of aromatic nitrogens is 2. The predicted molar refractivity (Wildman–Crippen MR) is 47.5 cm³/mol. The van der Waals surface area contributed by atoms with Crippen molar-refractivity contribution in [2.24, 2.45) is 0 Å². The number of aryl methyl sites for hydroxylation is 1. The van der Waals surface area contributed by atoms with Gasteiger partial charge in [0.1, 0.15) is 5.15 Å². The van der Waals surface area contributed by atoms with E-state index >= 15 is 0 Å². The highest BCUT2D eigenvalue weighted by Gasteiger charge is 2.02. The molecule has 0 saturated carbocycles. The smallest absolute Gasteiger partial charge is 0.318 e. The van der Waals surface area contributed by atoms with Crippen LogP contribution in [0.25, 0.3) is 0 Å². The first-order chi connectivity index (χ1) is 5.58. The van der Waals surface area contributed by atoms with Crippen LogP contribution in [0.5, 0.6) is 6.01 Å². The quantitative estimate of drug-likeness (QED) is 0.665. The van der Waals surface area contributed by atoms with Crippen LogP contribution >= 0.6 is 11.6 Å². The van der Waals surface area contributed by atoms with Crippen LogP contribution in [0.3, 0.4) is 0 Å². The lowest BCUT2D eigenvalue weighted by Gasteiger charge is -2.07. The van der Waals surface area contributed by atoms with Crippen LogP contribution in [0.2, 0.25) is 5.15 Å². The van der Waals surface area contributed by atoms with E-state index in [0.717, 1.165) is 5.69 Å². The molecule has 1 rings (SSSR count). The first-order valence-electron chi connectivity index (χ1n) is 3.76. The summed E-state index contributed by atoms with van der Waals surface area (Å²) in [6, 6.07) is 2.03. The molecule has 0 aromatic carbocycles. The van der Waals surface area contributed by atoms with Crippen LogP contribution in [0.1, 0.15) is 19.5 Å². The molecule has 0 bridgehead atoms. The van der Waals surface area contributed by atoms with Crippen LogP contribution in [0.4, 0.5) is 0 Å². The lowest BCUT2D eigenvalue weighted by Crippen LogP contribution is -2.08. The molecule has 1 heterocycles. The molecule has 0 aliphatic heterocycles. The normalized spacial score (nSPS) is 10.4. The Morgan fingerprint density at radius 1 is 1.42 bits per heavy atom. The van der Waals surface area contributed by atoms with Crippen molar-refractivity contribution in [2.75, 3.05) is 0 Å². The summed E-state index contributed by atoms with van der Waals surface area (Å²) in [6.45, 7) is 5.68. The van der Waals surface area contributed by atoms with Crippen LogP contribution in [-0.4, -0.2) is 16.1 Å².